The van der Waals surface area contributed by atoms with E-state index in [-0.39, 0.29) is 18.4 Å². The van der Waals surface area contributed by atoms with Crippen LogP contribution in [-0.4, -0.2) is 22.5 Å². The summed E-state index contributed by atoms with van der Waals surface area (Å²) in [6.07, 6.45) is 0. The maximum Gasteiger partial charge on any atom is 0.338 e. The standard InChI is InChI=1S/C17H21N3O2.ClH/c1-11(2)10-22-16(21)14-5-7-15(8-6-14)20-17-18-12(3)9-13(4)19-17;/h5-9,11H,10H2,1-4H3,(H,18,19,20);1H. The zero-order chi connectivity index (χ0) is 16.1. The molecule has 0 unspecified atom stereocenters. The van der Waals surface area contributed by atoms with Crippen LogP contribution in [0.15, 0.2) is 30.3 Å². The minimum atomic E-state index is -0.303. The number of ether oxygens (including phenoxy) is 1. The molecule has 23 heavy (non-hydrogen) atoms. The third-order valence-corrected chi connectivity index (χ3v) is 2.91. The fourth-order valence-electron chi connectivity index (χ4n) is 1.93. The first-order chi connectivity index (χ1) is 10.4. The summed E-state index contributed by atoms with van der Waals surface area (Å²) >= 11 is 0. The minimum absolute atomic E-state index is 0. The van der Waals surface area contributed by atoms with Crippen molar-refractivity contribution < 1.29 is 9.53 Å². The molecule has 0 saturated heterocycles. The number of carbonyl (C=O) groups excluding carboxylic acids is 1. The number of aryl methyl sites for hydroxylation is 2. The Morgan fingerprint density at radius 2 is 1.70 bits per heavy atom. The van der Waals surface area contributed by atoms with Crippen LogP contribution >= 0.6 is 12.4 Å². The monoisotopic (exact) mass is 335 g/mol. The average Bonchev–Trinajstić information content (AvgIpc) is 2.44. The van der Waals surface area contributed by atoms with E-state index in [4.69, 9.17) is 4.74 Å². The molecule has 2 aromatic rings. The van der Waals surface area contributed by atoms with E-state index in [1.807, 2.05) is 45.9 Å². The van der Waals surface area contributed by atoms with Gasteiger partial charge in [0.2, 0.25) is 5.95 Å². The molecule has 0 amide bonds. The van der Waals surface area contributed by atoms with Gasteiger partial charge in [0.05, 0.1) is 12.2 Å². The predicted molar refractivity (Wildman–Crippen MR) is 93.6 cm³/mol. The average molecular weight is 336 g/mol. The van der Waals surface area contributed by atoms with Crippen molar-refractivity contribution in [2.75, 3.05) is 11.9 Å². The summed E-state index contributed by atoms with van der Waals surface area (Å²) in [4.78, 5) is 20.5. The molecule has 0 spiro atoms. The molecule has 0 aliphatic carbocycles. The summed E-state index contributed by atoms with van der Waals surface area (Å²) in [5.74, 6) is 0.571. The topological polar surface area (TPSA) is 64.1 Å². The molecule has 124 valence electrons. The van der Waals surface area contributed by atoms with E-state index in [1.165, 1.54) is 0 Å². The molecule has 1 heterocycles. The molecule has 0 fully saturated rings. The molecule has 0 radical (unpaired) electrons. The number of rotatable bonds is 5. The van der Waals surface area contributed by atoms with E-state index >= 15 is 0 Å². The Morgan fingerprint density at radius 3 is 2.22 bits per heavy atom. The Labute approximate surface area is 142 Å². The molecular formula is C17H22ClN3O2. The number of anilines is 2. The zero-order valence-corrected chi connectivity index (χ0v) is 14.6. The van der Waals surface area contributed by atoms with E-state index in [1.54, 1.807) is 12.1 Å². The van der Waals surface area contributed by atoms with Crippen molar-refractivity contribution in [3.63, 3.8) is 0 Å². The van der Waals surface area contributed by atoms with Gasteiger partial charge in [-0.1, -0.05) is 13.8 Å². The molecule has 1 aromatic carbocycles. The maximum absolute atomic E-state index is 11.8. The highest BCUT2D eigenvalue weighted by Crippen LogP contribution is 2.15. The lowest BCUT2D eigenvalue weighted by atomic mass is 10.2. The number of aromatic nitrogens is 2. The van der Waals surface area contributed by atoms with Crippen molar-refractivity contribution in [3.8, 4) is 0 Å². The van der Waals surface area contributed by atoms with Gasteiger partial charge in [0.15, 0.2) is 0 Å². The van der Waals surface area contributed by atoms with E-state index in [2.05, 4.69) is 15.3 Å². The molecule has 6 heteroatoms. The molecule has 0 bridgehead atoms. The number of benzene rings is 1. The molecule has 0 saturated carbocycles. The summed E-state index contributed by atoms with van der Waals surface area (Å²) in [5.41, 5.74) is 3.17. The normalized spacial score (nSPS) is 10.1. The summed E-state index contributed by atoms with van der Waals surface area (Å²) in [6, 6.07) is 9.00. The van der Waals surface area contributed by atoms with Crippen LogP contribution in [0.1, 0.15) is 35.6 Å². The summed E-state index contributed by atoms with van der Waals surface area (Å²) < 4.78 is 5.20. The number of nitrogens with one attached hydrogen (secondary N) is 1. The van der Waals surface area contributed by atoms with Gasteiger partial charge in [-0.3, -0.25) is 0 Å². The fourth-order valence-corrected chi connectivity index (χ4v) is 1.93. The summed E-state index contributed by atoms with van der Waals surface area (Å²) in [7, 11) is 0. The van der Waals surface area contributed by atoms with Gasteiger partial charge >= 0.3 is 5.97 Å². The van der Waals surface area contributed by atoms with Crippen molar-refractivity contribution in [2.45, 2.75) is 27.7 Å². The van der Waals surface area contributed by atoms with E-state index in [0.29, 0.717) is 24.0 Å². The number of halogens is 1. The van der Waals surface area contributed by atoms with Gasteiger partial charge in [-0.25, -0.2) is 14.8 Å². The Bertz CT molecular complexity index is 637. The van der Waals surface area contributed by atoms with E-state index in [0.717, 1.165) is 17.1 Å². The van der Waals surface area contributed by atoms with Crippen LogP contribution in [0.3, 0.4) is 0 Å². The second-order valence-corrected chi connectivity index (χ2v) is 5.67. The highest BCUT2D eigenvalue weighted by molar-refractivity contribution is 5.89. The molecule has 1 aromatic heterocycles. The van der Waals surface area contributed by atoms with Gasteiger partial charge in [0, 0.05) is 17.1 Å². The number of carbonyl (C=O) groups is 1. The van der Waals surface area contributed by atoms with E-state index in [9.17, 15) is 4.79 Å². The van der Waals surface area contributed by atoms with Gasteiger partial charge < -0.3 is 10.1 Å². The Kier molecular flexibility index (Phi) is 6.97. The van der Waals surface area contributed by atoms with Crippen molar-refractivity contribution in [2.24, 2.45) is 5.92 Å². The zero-order valence-electron chi connectivity index (χ0n) is 13.8. The van der Waals surface area contributed by atoms with Gasteiger partial charge in [-0.15, -0.1) is 12.4 Å². The largest absolute Gasteiger partial charge is 0.462 e. The molecule has 2 rings (SSSR count). The lowest BCUT2D eigenvalue weighted by Crippen LogP contribution is -2.10. The third-order valence-electron chi connectivity index (χ3n) is 2.91. The molecule has 0 aliphatic rings. The Morgan fingerprint density at radius 1 is 1.13 bits per heavy atom. The highest BCUT2D eigenvalue weighted by Gasteiger charge is 2.08. The van der Waals surface area contributed by atoms with Gasteiger partial charge in [-0.2, -0.15) is 0 Å². The van der Waals surface area contributed by atoms with Crippen molar-refractivity contribution in [1.82, 2.24) is 9.97 Å². The first kappa shape index (κ1) is 18.9. The number of esters is 1. The molecular weight excluding hydrogens is 314 g/mol. The first-order valence-corrected chi connectivity index (χ1v) is 7.30. The van der Waals surface area contributed by atoms with Crippen molar-refractivity contribution in [1.29, 1.82) is 0 Å². The Hall–Kier alpha value is -2.14. The number of nitrogens with zero attached hydrogens (tertiary/aromatic N) is 2. The SMILES string of the molecule is Cc1cc(C)nc(Nc2ccc(C(=O)OCC(C)C)cc2)n1.Cl. The van der Waals surface area contributed by atoms with Gasteiger partial charge in [0.25, 0.3) is 0 Å². The number of hydrogen-bond donors (Lipinski definition) is 1. The van der Waals surface area contributed by atoms with Gasteiger partial charge in [-0.05, 0) is 50.1 Å². The molecule has 5 nitrogen and oxygen atoms in total. The van der Waals surface area contributed by atoms with Crippen LogP contribution in [-0.2, 0) is 4.74 Å². The van der Waals surface area contributed by atoms with Crippen LogP contribution in [0, 0.1) is 19.8 Å². The van der Waals surface area contributed by atoms with Crippen molar-refractivity contribution >= 4 is 30.0 Å². The van der Waals surface area contributed by atoms with Crippen LogP contribution in [0.4, 0.5) is 11.6 Å². The molecule has 0 aliphatic heterocycles. The third kappa shape index (κ3) is 5.87. The lowest BCUT2D eigenvalue weighted by molar-refractivity contribution is 0.0459. The Balaban J connectivity index is 0.00000264. The lowest BCUT2D eigenvalue weighted by Gasteiger charge is -2.09. The summed E-state index contributed by atoms with van der Waals surface area (Å²) in [5, 5.41) is 3.13. The van der Waals surface area contributed by atoms with E-state index < -0.39 is 0 Å². The second kappa shape index (κ2) is 8.48. The molecule has 0 atom stereocenters. The first-order valence-electron chi connectivity index (χ1n) is 7.30. The second-order valence-electron chi connectivity index (χ2n) is 5.67. The number of hydrogen-bond acceptors (Lipinski definition) is 5. The van der Waals surface area contributed by atoms with Crippen LogP contribution < -0.4 is 5.32 Å². The van der Waals surface area contributed by atoms with Crippen molar-refractivity contribution in [3.05, 3.63) is 47.3 Å². The van der Waals surface area contributed by atoms with Crippen LogP contribution in [0.25, 0.3) is 0 Å². The predicted octanol–water partition coefficient (Wildman–Crippen LogP) is 4.07. The quantitative estimate of drug-likeness (QED) is 0.834. The van der Waals surface area contributed by atoms with Crippen LogP contribution in [0.5, 0.6) is 0 Å². The maximum atomic E-state index is 11.8. The smallest absolute Gasteiger partial charge is 0.338 e. The van der Waals surface area contributed by atoms with Gasteiger partial charge in [0.1, 0.15) is 0 Å². The fraction of sp³-hybridized carbons (Fsp3) is 0.353. The highest BCUT2D eigenvalue weighted by atomic mass is 35.5. The minimum Gasteiger partial charge on any atom is -0.462 e. The summed E-state index contributed by atoms with van der Waals surface area (Å²) in [6.45, 7) is 8.28. The van der Waals surface area contributed by atoms with Crippen LogP contribution in [0.2, 0.25) is 0 Å². The molecule has 1 N–H and O–H groups in total.